The summed E-state index contributed by atoms with van der Waals surface area (Å²) in [4.78, 5) is 5.12. The largest absolute Gasteiger partial charge is 0.488 e. The highest BCUT2D eigenvalue weighted by Gasteiger charge is 2.07. The van der Waals surface area contributed by atoms with Gasteiger partial charge >= 0.3 is 0 Å². The Bertz CT molecular complexity index is 440. The van der Waals surface area contributed by atoms with Crippen molar-refractivity contribution >= 4 is 11.3 Å². The van der Waals surface area contributed by atoms with Crippen molar-refractivity contribution in [3.63, 3.8) is 0 Å². The van der Waals surface area contributed by atoms with Gasteiger partial charge in [-0.3, -0.25) is 4.98 Å². The summed E-state index contributed by atoms with van der Waals surface area (Å²) in [6.07, 6.45) is 1.82. The summed E-state index contributed by atoms with van der Waals surface area (Å²) in [5.41, 5.74) is 8.71. The van der Waals surface area contributed by atoms with Crippen molar-refractivity contribution in [2.75, 3.05) is 0 Å². The second-order valence-electron chi connectivity index (χ2n) is 3.58. The van der Waals surface area contributed by atoms with Crippen LogP contribution in [0.15, 0.2) is 36.0 Å². The Morgan fingerprint density at radius 2 is 2.25 bits per heavy atom. The molecule has 1 aromatic carbocycles. The van der Waals surface area contributed by atoms with Gasteiger partial charge in [-0.2, -0.15) is 0 Å². The normalized spacial score (nSPS) is 12.4. The second-order valence-corrected chi connectivity index (χ2v) is 4.55. The fraction of sp³-hybridized carbons (Fsp3) is 0.250. The molecule has 16 heavy (non-hydrogen) atoms. The first kappa shape index (κ1) is 11.1. The third kappa shape index (κ3) is 2.59. The van der Waals surface area contributed by atoms with E-state index < -0.39 is 0 Å². The summed E-state index contributed by atoms with van der Waals surface area (Å²) in [5, 5.41) is 0. The van der Waals surface area contributed by atoms with Crippen molar-refractivity contribution in [2.24, 2.45) is 5.73 Å². The predicted octanol–water partition coefficient (Wildman–Crippen LogP) is 2.74. The Balaban J connectivity index is 2.09. The highest BCUT2D eigenvalue weighted by atomic mass is 32.1. The van der Waals surface area contributed by atoms with Gasteiger partial charge in [0.2, 0.25) is 0 Å². The molecule has 84 valence electrons. The van der Waals surface area contributed by atoms with Crippen molar-refractivity contribution in [3.8, 4) is 5.75 Å². The van der Waals surface area contributed by atoms with Gasteiger partial charge in [0, 0.05) is 17.8 Å². The molecule has 0 aliphatic rings. The Kier molecular flexibility index (Phi) is 3.54. The van der Waals surface area contributed by atoms with Crippen LogP contribution in [-0.4, -0.2) is 4.98 Å². The maximum Gasteiger partial charge on any atom is 0.124 e. The molecule has 0 aliphatic carbocycles. The number of hydrogen-bond donors (Lipinski definition) is 1. The minimum absolute atomic E-state index is 0.0161. The number of para-hydroxylation sites is 1. The summed E-state index contributed by atoms with van der Waals surface area (Å²) >= 11 is 1.59. The van der Waals surface area contributed by atoms with Crippen LogP contribution in [0.4, 0.5) is 0 Å². The molecule has 1 unspecified atom stereocenters. The number of thiazole rings is 1. The Morgan fingerprint density at radius 1 is 1.44 bits per heavy atom. The topological polar surface area (TPSA) is 48.1 Å². The van der Waals surface area contributed by atoms with E-state index in [1.165, 1.54) is 0 Å². The summed E-state index contributed by atoms with van der Waals surface area (Å²) in [6.45, 7) is 2.50. The van der Waals surface area contributed by atoms with E-state index in [1.807, 2.05) is 37.4 Å². The molecule has 3 nitrogen and oxygen atoms in total. The van der Waals surface area contributed by atoms with E-state index in [0.29, 0.717) is 6.61 Å². The second kappa shape index (κ2) is 5.09. The summed E-state index contributed by atoms with van der Waals surface area (Å²) in [7, 11) is 0. The van der Waals surface area contributed by atoms with Crippen LogP contribution < -0.4 is 10.5 Å². The summed E-state index contributed by atoms with van der Waals surface area (Å²) in [5.74, 6) is 0.853. The maximum absolute atomic E-state index is 5.87. The molecule has 0 bridgehead atoms. The molecule has 0 aliphatic heterocycles. The van der Waals surface area contributed by atoms with Gasteiger partial charge < -0.3 is 10.5 Å². The molecule has 2 N–H and O–H groups in total. The van der Waals surface area contributed by atoms with E-state index in [9.17, 15) is 0 Å². The molecular weight excluding hydrogens is 220 g/mol. The van der Waals surface area contributed by atoms with E-state index in [1.54, 1.807) is 16.8 Å². The van der Waals surface area contributed by atoms with E-state index in [-0.39, 0.29) is 6.04 Å². The summed E-state index contributed by atoms with van der Waals surface area (Å²) in [6, 6.07) is 7.84. The average Bonchev–Trinajstić information content (AvgIpc) is 2.79. The fourth-order valence-corrected chi connectivity index (χ4v) is 1.96. The van der Waals surface area contributed by atoms with Crippen LogP contribution in [0.3, 0.4) is 0 Å². The average molecular weight is 234 g/mol. The molecule has 0 fully saturated rings. The maximum atomic E-state index is 5.87. The van der Waals surface area contributed by atoms with Crippen LogP contribution in [0, 0.1) is 0 Å². The Morgan fingerprint density at radius 3 is 2.94 bits per heavy atom. The number of nitrogens with zero attached hydrogens (tertiary/aromatic N) is 1. The zero-order valence-corrected chi connectivity index (χ0v) is 9.91. The molecule has 1 atom stereocenters. The van der Waals surface area contributed by atoms with Crippen molar-refractivity contribution in [1.82, 2.24) is 4.98 Å². The van der Waals surface area contributed by atoms with E-state index in [0.717, 1.165) is 16.2 Å². The fourth-order valence-electron chi connectivity index (χ4n) is 1.45. The summed E-state index contributed by atoms with van der Waals surface area (Å²) < 4.78 is 5.73. The van der Waals surface area contributed by atoms with Gasteiger partial charge in [0.05, 0.1) is 10.4 Å². The minimum atomic E-state index is -0.0161. The quantitative estimate of drug-likeness (QED) is 0.884. The van der Waals surface area contributed by atoms with Gasteiger partial charge in [0.1, 0.15) is 12.4 Å². The van der Waals surface area contributed by atoms with Gasteiger partial charge in [-0.1, -0.05) is 18.2 Å². The smallest absolute Gasteiger partial charge is 0.124 e. The number of aromatic nitrogens is 1. The lowest BCUT2D eigenvalue weighted by molar-refractivity contribution is 0.305. The Labute approximate surface area is 98.9 Å². The van der Waals surface area contributed by atoms with Gasteiger partial charge in [-0.05, 0) is 13.0 Å². The SMILES string of the molecule is CC(N)c1ccccc1OCc1cncs1. The highest BCUT2D eigenvalue weighted by molar-refractivity contribution is 7.09. The lowest BCUT2D eigenvalue weighted by Crippen LogP contribution is -2.07. The van der Waals surface area contributed by atoms with Crippen molar-refractivity contribution in [3.05, 3.63) is 46.4 Å². The van der Waals surface area contributed by atoms with Gasteiger partial charge in [0.25, 0.3) is 0 Å². The van der Waals surface area contributed by atoms with Crippen molar-refractivity contribution in [2.45, 2.75) is 19.6 Å². The van der Waals surface area contributed by atoms with Crippen LogP contribution in [0.25, 0.3) is 0 Å². The lowest BCUT2D eigenvalue weighted by Gasteiger charge is -2.12. The molecule has 2 rings (SSSR count). The molecule has 0 spiro atoms. The predicted molar refractivity (Wildman–Crippen MR) is 65.5 cm³/mol. The van der Waals surface area contributed by atoms with Crippen molar-refractivity contribution < 1.29 is 4.74 Å². The lowest BCUT2D eigenvalue weighted by atomic mass is 10.1. The molecule has 0 amide bonds. The molecule has 0 radical (unpaired) electrons. The number of benzene rings is 1. The molecule has 1 heterocycles. The van der Waals surface area contributed by atoms with E-state index in [2.05, 4.69) is 4.98 Å². The molecule has 0 saturated heterocycles. The standard InChI is InChI=1S/C12H14N2OS/c1-9(13)11-4-2-3-5-12(11)15-7-10-6-14-8-16-10/h2-6,8-9H,7,13H2,1H3. The first-order chi connectivity index (χ1) is 7.77. The molecule has 2 aromatic rings. The molecule has 0 saturated carbocycles. The molecule has 4 heteroatoms. The third-order valence-corrected chi connectivity index (χ3v) is 3.02. The van der Waals surface area contributed by atoms with Crippen LogP contribution in [0.5, 0.6) is 5.75 Å². The first-order valence-corrected chi connectivity index (χ1v) is 6.00. The van der Waals surface area contributed by atoms with E-state index >= 15 is 0 Å². The number of hydrogen-bond acceptors (Lipinski definition) is 4. The number of nitrogens with two attached hydrogens (primary N) is 1. The van der Waals surface area contributed by atoms with Crippen molar-refractivity contribution in [1.29, 1.82) is 0 Å². The zero-order chi connectivity index (χ0) is 11.4. The molecule has 1 aromatic heterocycles. The minimum Gasteiger partial charge on any atom is -0.488 e. The van der Waals surface area contributed by atoms with Crippen LogP contribution in [-0.2, 0) is 6.61 Å². The third-order valence-electron chi connectivity index (χ3n) is 2.26. The van der Waals surface area contributed by atoms with Gasteiger partial charge in [-0.15, -0.1) is 11.3 Å². The number of ether oxygens (including phenoxy) is 1. The van der Waals surface area contributed by atoms with Gasteiger partial charge in [-0.25, -0.2) is 0 Å². The highest BCUT2D eigenvalue weighted by Crippen LogP contribution is 2.24. The zero-order valence-electron chi connectivity index (χ0n) is 9.09. The Hall–Kier alpha value is -1.39. The first-order valence-electron chi connectivity index (χ1n) is 5.12. The van der Waals surface area contributed by atoms with Crippen LogP contribution in [0.1, 0.15) is 23.4 Å². The van der Waals surface area contributed by atoms with E-state index in [4.69, 9.17) is 10.5 Å². The molecular formula is C12H14N2OS. The van der Waals surface area contributed by atoms with Crippen LogP contribution in [0.2, 0.25) is 0 Å². The monoisotopic (exact) mass is 234 g/mol. The van der Waals surface area contributed by atoms with Gasteiger partial charge in [0.15, 0.2) is 0 Å². The van der Waals surface area contributed by atoms with Crippen LogP contribution >= 0.6 is 11.3 Å². The number of rotatable bonds is 4.